The van der Waals surface area contributed by atoms with E-state index in [1.54, 1.807) is 11.0 Å². The highest BCUT2D eigenvalue weighted by atomic mass is 16.6. The van der Waals surface area contributed by atoms with Gasteiger partial charge in [-0.05, 0) is 32.3 Å². The van der Waals surface area contributed by atoms with Gasteiger partial charge in [-0.1, -0.05) is 42.5 Å². The topological polar surface area (TPSA) is 29.5 Å². The molecule has 0 aliphatic heterocycles. The highest BCUT2D eigenvalue weighted by Gasteiger charge is 2.30. The van der Waals surface area contributed by atoms with E-state index in [2.05, 4.69) is 13.2 Å². The van der Waals surface area contributed by atoms with Gasteiger partial charge in [-0.25, -0.2) is 4.79 Å². The minimum absolute atomic E-state index is 0.283. The van der Waals surface area contributed by atoms with E-state index in [0.717, 1.165) is 18.4 Å². The fourth-order valence-electron chi connectivity index (χ4n) is 2.09. The zero-order valence-corrected chi connectivity index (χ0v) is 13.0. The maximum atomic E-state index is 12.3. The largest absolute Gasteiger partial charge is 0.445 e. The van der Waals surface area contributed by atoms with Crippen LogP contribution in [-0.2, 0) is 11.3 Å². The minimum Gasteiger partial charge on any atom is -0.445 e. The molecule has 0 spiro atoms. The fourth-order valence-corrected chi connectivity index (χ4v) is 2.09. The summed E-state index contributed by atoms with van der Waals surface area (Å²) in [5, 5.41) is 0. The Morgan fingerprint density at radius 2 is 1.90 bits per heavy atom. The van der Waals surface area contributed by atoms with Gasteiger partial charge < -0.3 is 4.74 Å². The summed E-state index contributed by atoms with van der Waals surface area (Å²) in [5.41, 5.74) is 0.684. The number of hydrogen-bond acceptors (Lipinski definition) is 2. The molecule has 0 saturated heterocycles. The molecule has 1 aromatic carbocycles. The molecule has 1 amide bonds. The Morgan fingerprint density at radius 3 is 2.48 bits per heavy atom. The molecule has 3 nitrogen and oxygen atoms in total. The Hall–Kier alpha value is -2.03. The Bertz CT molecular complexity index is 465. The summed E-state index contributed by atoms with van der Waals surface area (Å²) in [4.78, 5) is 14.1. The second kappa shape index (κ2) is 8.30. The predicted molar refractivity (Wildman–Crippen MR) is 87.0 cm³/mol. The van der Waals surface area contributed by atoms with Crippen LogP contribution in [0.4, 0.5) is 4.79 Å². The van der Waals surface area contributed by atoms with E-state index >= 15 is 0 Å². The Kier molecular flexibility index (Phi) is 6.73. The molecule has 0 N–H and O–H groups in total. The van der Waals surface area contributed by atoms with Crippen molar-refractivity contribution in [2.45, 2.75) is 38.8 Å². The number of rotatable bonds is 8. The van der Waals surface area contributed by atoms with Crippen LogP contribution in [0.3, 0.4) is 0 Å². The Labute approximate surface area is 127 Å². The fraction of sp³-hybridized carbons (Fsp3) is 0.389. The van der Waals surface area contributed by atoms with Crippen molar-refractivity contribution in [2.24, 2.45) is 0 Å². The molecule has 0 saturated carbocycles. The first-order chi connectivity index (χ1) is 10.0. The van der Waals surface area contributed by atoms with Crippen LogP contribution in [0.1, 0.15) is 32.3 Å². The third-order valence-electron chi connectivity index (χ3n) is 3.43. The van der Waals surface area contributed by atoms with E-state index < -0.39 is 0 Å². The number of allylic oxidation sites excluding steroid dienone is 1. The monoisotopic (exact) mass is 287 g/mol. The summed E-state index contributed by atoms with van der Waals surface area (Å²) in [7, 11) is 0. The number of nitrogens with zero attached hydrogens (tertiary/aromatic N) is 1. The molecule has 0 aromatic heterocycles. The number of carbonyl (C=O) groups is 1. The van der Waals surface area contributed by atoms with Gasteiger partial charge in [0.15, 0.2) is 0 Å². The number of ether oxygens (including phenoxy) is 1. The quantitative estimate of drug-likeness (QED) is 0.656. The molecule has 0 heterocycles. The molecule has 1 aromatic rings. The van der Waals surface area contributed by atoms with Gasteiger partial charge in [0.05, 0.1) is 0 Å². The van der Waals surface area contributed by atoms with Gasteiger partial charge in [0.25, 0.3) is 0 Å². The van der Waals surface area contributed by atoms with Crippen molar-refractivity contribution in [1.82, 2.24) is 4.90 Å². The van der Waals surface area contributed by atoms with Gasteiger partial charge in [-0.2, -0.15) is 0 Å². The van der Waals surface area contributed by atoms with Crippen molar-refractivity contribution in [3.8, 4) is 0 Å². The molecule has 114 valence electrons. The average Bonchev–Trinajstić information content (AvgIpc) is 2.49. The van der Waals surface area contributed by atoms with Crippen LogP contribution in [0.15, 0.2) is 55.6 Å². The van der Waals surface area contributed by atoms with Gasteiger partial charge in [0.1, 0.15) is 6.61 Å². The summed E-state index contributed by atoms with van der Waals surface area (Å²) < 4.78 is 5.42. The maximum Gasteiger partial charge on any atom is 0.410 e. The highest BCUT2D eigenvalue weighted by Crippen LogP contribution is 2.22. The molecule has 0 aliphatic carbocycles. The summed E-state index contributed by atoms with van der Waals surface area (Å²) >= 11 is 0. The number of carbonyl (C=O) groups excluding carboxylic acids is 1. The summed E-state index contributed by atoms with van der Waals surface area (Å²) in [6.45, 7) is 12.3. The SMILES string of the molecule is C=CCCC(C)(C)N(CC=C)C(=O)OCc1ccccc1. The lowest BCUT2D eigenvalue weighted by molar-refractivity contribution is 0.0604. The average molecular weight is 287 g/mol. The molecule has 3 heteroatoms. The minimum atomic E-state index is -0.312. The first-order valence-corrected chi connectivity index (χ1v) is 7.21. The molecule has 0 radical (unpaired) electrons. The Balaban J connectivity index is 2.68. The van der Waals surface area contributed by atoms with Crippen molar-refractivity contribution < 1.29 is 9.53 Å². The highest BCUT2D eigenvalue weighted by molar-refractivity contribution is 5.68. The predicted octanol–water partition coefficient (Wildman–Crippen LogP) is 4.56. The van der Waals surface area contributed by atoms with Crippen molar-refractivity contribution in [1.29, 1.82) is 0 Å². The van der Waals surface area contributed by atoms with Crippen LogP contribution in [0.2, 0.25) is 0 Å². The van der Waals surface area contributed by atoms with Crippen LogP contribution in [-0.4, -0.2) is 23.1 Å². The Morgan fingerprint density at radius 1 is 1.24 bits per heavy atom. The van der Waals surface area contributed by atoms with Gasteiger partial charge in [-0.3, -0.25) is 4.90 Å². The first-order valence-electron chi connectivity index (χ1n) is 7.21. The van der Waals surface area contributed by atoms with E-state index in [4.69, 9.17) is 4.74 Å². The number of hydrogen-bond donors (Lipinski definition) is 0. The van der Waals surface area contributed by atoms with Crippen molar-refractivity contribution in [3.63, 3.8) is 0 Å². The molecular formula is C18H25NO2. The van der Waals surface area contributed by atoms with Gasteiger partial charge >= 0.3 is 6.09 Å². The van der Waals surface area contributed by atoms with Crippen LogP contribution < -0.4 is 0 Å². The third kappa shape index (κ3) is 5.46. The van der Waals surface area contributed by atoms with Gasteiger partial charge in [-0.15, -0.1) is 13.2 Å². The molecule has 0 bridgehead atoms. The van der Waals surface area contributed by atoms with Gasteiger partial charge in [0, 0.05) is 12.1 Å². The molecule has 21 heavy (non-hydrogen) atoms. The molecular weight excluding hydrogens is 262 g/mol. The van der Waals surface area contributed by atoms with E-state index in [1.807, 2.05) is 50.3 Å². The number of amides is 1. The molecule has 0 aliphatic rings. The summed E-state index contributed by atoms with van der Waals surface area (Å²) in [6, 6.07) is 9.67. The lowest BCUT2D eigenvalue weighted by atomic mass is 9.96. The smallest absolute Gasteiger partial charge is 0.410 e. The maximum absolute atomic E-state index is 12.3. The number of benzene rings is 1. The van der Waals surface area contributed by atoms with E-state index in [-0.39, 0.29) is 18.2 Å². The standard InChI is InChI=1S/C18H25NO2/c1-5-7-13-18(3,4)19(14-6-2)17(20)21-15-16-11-9-8-10-12-16/h5-6,8-12H,1-2,7,13-15H2,3-4H3. The van der Waals surface area contributed by atoms with E-state index in [1.165, 1.54) is 0 Å². The molecule has 0 atom stereocenters. The zero-order valence-electron chi connectivity index (χ0n) is 13.0. The third-order valence-corrected chi connectivity index (χ3v) is 3.43. The van der Waals surface area contributed by atoms with Crippen molar-refractivity contribution >= 4 is 6.09 Å². The second-order valence-electron chi connectivity index (χ2n) is 5.58. The van der Waals surface area contributed by atoms with Crippen molar-refractivity contribution in [3.05, 3.63) is 61.2 Å². The first kappa shape index (κ1) is 17.0. The van der Waals surface area contributed by atoms with Gasteiger partial charge in [0.2, 0.25) is 0 Å². The lowest BCUT2D eigenvalue weighted by Crippen LogP contribution is -2.48. The molecule has 1 rings (SSSR count). The lowest BCUT2D eigenvalue weighted by Gasteiger charge is -2.37. The van der Waals surface area contributed by atoms with E-state index in [0.29, 0.717) is 6.54 Å². The zero-order chi connectivity index (χ0) is 15.7. The summed E-state index contributed by atoms with van der Waals surface area (Å²) in [5.74, 6) is 0. The van der Waals surface area contributed by atoms with Crippen LogP contribution in [0, 0.1) is 0 Å². The van der Waals surface area contributed by atoms with Crippen LogP contribution in [0.25, 0.3) is 0 Å². The normalized spacial score (nSPS) is 10.8. The molecule has 0 fully saturated rings. The van der Waals surface area contributed by atoms with Crippen molar-refractivity contribution in [2.75, 3.05) is 6.54 Å². The molecule has 0 unspecified atom stereocenters. The van der Waals surface area contributed by atoms with Crippen LogP contribution in [0.5, 0.6) is 0 Å². The van der Waals surface area contributed by atoms with Crippen LogP contribution >= 0.6 is 0 Å². The van der Waals surface area contributed by atoms with E-state index in [9.17, 15) is 4.79 Å². The summed E-state index contributed by atoms with van der Waals surface area (Å²) in [6.07, 6.45) is 4.97. The second-order valence-corrected chi connectivity index (χ2v) is 5.58.